The van der Waals surface area contributed by atoms with Crippen LogP contribution in [0.15, 0.2) is 152 Å². The van der Waals surface area contributed by atoms with Crippen molar-refractivity contribution in [2.45, 2.75) is 13.8 Å². The summed E-state index contributed by atoms with van der Waals surface area (Å²) in [7, 11) is 0. The lowest BCUT2D eigenvalue weighted by molar-refractivity contribution is 1.13. The number of benzene rings is 5. The molecule has 0 saturated carbocycles. The molecular formula is C42H31N3. The fourth-order valence-electron chi connectivity index (χ4n) is 6.39. The second-order valence-electron chi connectivity index (χ2n) is 11.6. The fourth-order valence-corrected chi connectivity index (χ4v) is 6.39. The van der Waals surface area contributed by atoms with Gasteiger partial charge in [0.05, 0.1) is 11.4 Å². The molecule has 8 aromatic rings. The molecule has 5 aromatic carbocycles. The molecule has 3 nitrogen and oxygen atoms in total. The molecule has 0 spiro atoms. The second-order valence-corrected chi connectivity index (χ2v) is 11.6. The smallest absolute Gasteiger partial charge is 0.137 e. The number of aryl methyl sites for hydroxylation is 2. The normalized spacial score (nSPS) is 11.3. The van der Waals surface area contributed by atoms with Crippen LogP contribution in [0.5, 0.6) is 0 Å². The summed E-state index contributed by atoms with van der Waals surface area (Å²) in [5.74, 6) is 0. The first kappa shape index (κ1) is 26.8. The molecule has 0 unspecified atom stereocenters. The van der Waals surface area contributed by atoms with Gasteiger partial charge in [-0.1, -0.05) is 97.1 Å². The van der Waals surface area contributed by atoms with E-state index in [1.165, 1.54) is 21.9 Å². The highest BCUT2D eigenvalue weighted by Gasteiger charge is 2.17. The summed E-state index contributed by atoms with van der Waals surface area (Å²) < 4.78 is 2.19. The molecular weight excluding hydrogens is 546 g/mol. The molecule has 0 aliphatic carbocycles. The predicted molar refractivity (Wildman–Crippen MR) is 187 cm³/mol. The van der Waals surface area contributed by atoms with Crippen LogP contribution in [0.25, 0.3) is 72.3 Å². The minimum Gasteiger partial charge on any atom is -0.299 e. The molecule has 0 aliphatic heterocycles. The lowest BCUT2D eigenvalue weighted by Crippen LogP contribution is -1.93. The highest BCUT2D eigenvalue weighted by molar-refractivity contribution is 5.90. The highest BCUT2D eigenvalue weighted by Crippen LogP contribution is 2.38. The van der Waals surface area contributed by atoms with E-state index in [0.29, 0.717) is 0 Å². The van der Waals surface area contributed by atoms with Crippen molar-refractivity contribution in [3.63, 3.8) is 0 Å². The number of fused-ring (bicyclic) bond motifs is 2. The van der Waals surface area contributed by atoms with Gasteiger partial charge in [0, 0.05) is 34.3 Å². The van der Waals surface area contributed by atoms with Gasteiger partial charge in [-0.2, -0.15) is 0 Å². The number of rotatable bonds is 5. The van der Waals surface area contributed by atoms with Gasteiger partial charge in [-0.25, -0.2) is 4.98 Å². The lowest BCUT2D eigenvalue weighted by atomic mass is 9.91. The van der Waals surface area contributed by atoms with Crippen LogP contribution >= 0.6 is 0 Å². The second kappa shape index (κ2) is 11.0. The van der Waals surface area contributed by atoms with Crippen LogP contribution in [0, 0.1) is 13.8 Å². The Balaban J connectivity index is 1.33. The Bertz CT molecular complexity index is 2350. The third-order valence-electron chi connectivity index (χ3n) is 8.60. The van der Waals surface area contributed by atoms with Gasteiger partial charge in [-0.05, 0) is 101 Å². The summed E-state index contributed by atoms with van der Waals surface area (Å²) in [6, 6.07) is 52.0. The van der Waals surface area contributed by atoms with Crippen molar-refractivity contribution in [2.75, 3.05) is 0 Å². The molecule has 0 radical (unpaired) electrons. The zero-order valence-electron chi connectivity index (χ0n) is 25.3. The molecule has 3 aromatic heterocycles. The summed E-state index contributed by atoms with van der Waals surface area (Å²) in [5.41, 5.74) is 14.3. The maximum absolute atomic E-state index is 5.07. The number of hydrogen-bond donors (Lipinski definition) is 0. The molecule has 3 heterocycles. The summed E-state index contributed by atoms with van der Waals surface area (Å²) in [6.45, 7) is 4.14. The fraction of sp³-hybridized carbons (Fsp3) is 0.0476. The summed E-state index contributed by atoms with van der Waals surface area (Å²) >= 11 is 0. The van der Waals surface area contributed by atoms with Crippen LogP contribution in [0.2, 0.25) is 0 Å². The van der Waals surface area contributed by atoms with Crippen LogP contribution in [0.3, 0.4) is 0 Å². The minimum absolute atomic E-state index is 0.930. The molecule has 0 amide bonds. The number of pyridine rings is 2. The summed E-state index contributed by atoms with van der Waals surface area (Å²) in [5, 5.41) is 2.48. The Hall–Kier alpha value is -5.80. The number of imidazole rings is 1. The quantitative estimate of drug-likeness (QED) is 0.204. The van der Waals surface area contributed by atoms with Crippen molar-refractivity contribution in [3.05, 3.63) is 163 Å². The van der Waals surface area contributed by atoms with Gasteiger partial charge < -0.3 is 0 Å². The van der Waals surface area contributed by atoms with Gasteiger partial charge in [-0.15, -0.1) is 0 Å². The zero-order chi connectivity index (χ0) is 30.3. The van der Waals surface area contributed by atoms with E-state index >= 15 is 0 Å². The zero-order valence-corrected chi connectivity index (χ0v) is 25.3. The van der Waals surface area contributed by atoms with Crippen LogP contribution in [0.1, 0.15) is 11.4 Å². The van der Waals surface area contributed by atoms with Gasteiger partial charge in [0.15, 0.2) is 0 Å². The molecule has 0 saturated heterocycles. The molecule has 214 valence electrons. The topological polar surface area (TPSA) is 30.2 Å². The molecule has 0 aliphatic rings. The molecule has 0 bridgehead atoms. The maximum atomic E-state index is 5.07. The molecule has 8 rings (SSSR count). The van der Waals surface area contributed by atoms with Crippen molar-refractivity contribution in [3.8, 4) is 55.9 Å². The first-order valence-corrected chi connectivity index (χ1v) is 15.3. The predicted octanol–water partition coefficient (Wildman–Crippen LogP) is 10.8. The monoisotopic (exact) mass is 577 g/mol. The van der Waals surface area contributed by atoms with Crippen LogP contribution in [-0.4, -0.2) is 14.4 Å². The van der Waals surface area contributed by atoms with Crippen LogP contribution < -0.4 is 0 Å². The minimum atomic E-state index is 0.930. The largest absolute Gasteiger partial charge is 0.299 e. The van der Waals surface area contributed by atoms with E-state index in [2.05, 4.69) is 151 Å². The lowest BCUT2D eigenvalue weighted by Gasteiger charge is -2.14. The first-order chi connectivity index (χ1) is 22.1. The highest BCUT2D eigenvalue weighted by atomic mass is 15.0. The van der Waals surface area contributed by atoms with Gasteiger partial charge in [0.25, 0.3) is 0 Å². The van der Waals surface area contributed by atoms with Gasteiger partial charge in [0.1, 0.15) is 5.65 Å². The van der Waals surface area contributed by atoms with Gasteiger partial charge >= 0.3 is 0 Å². The number of aromatic nitrogens is 3. The van der Waals surface area contributed by atoms with E-state index in [1.807, 2.05) is 19.1 Å². The Morgan fingerprint density at radius 1 is 0.444 bits per heavy atom. The molecule has 45 heavy (non-hydrogen) atoms. The van der Waals surface area contributed by atoms with E-state index in [0.717, 1.165) is 61.8 Å². The first-order valence-electron chi connectivity index (χ1n) is 15.3. The molecule has 3 heteroatoms. The van der Waals surface area contributed by atoms with E-state index < -0.39 is 0 Å². The molecule has 0 N–H and O–H groups in total. The molecule has 0 fully saturated rings. The van der Waals surface area contributed by atoms with Gasteiger partial charge in [0.2, 0.25) is 0 Å². The SMILES string of the molecule is Cc1ccc(-c2cc(-c3cccc(-c4c(-c5ccccc5)nc5ccccn45)c3)cc(-c3ccc4ccccc4c3)c2)c(C)n1. The average Bonchev–Trinajstić information content (AvgIpc) is 3.48. The van der Waals surface area contributed by atoms with Crippen LogP contribution in [-0.2, 0) is 0 Å². The number of hydrogen-bond acceptors (Lipinski definition) is 2. The van der Waals surface area contributed by atoms with Gasteiger partial charge in [-0.3, -0.25) is 9.38 Å². The average molecular weight is 578 g/mol. The van der Waals surface area contributed by atoms with Crippen molar-refractivity contribution >= 4 is 16.4 Å². The third-order valence-corrected chi connectivity index (χ3v) is 8.60. The Kier molecular flexibility index (Phi) is 6.57. The van der Waals surface area contributed by atoms with Crippen molar-refractivity contribution in [1.82, 2.24) is 14.4 Å². The maximum Gasteiger partial charge on any atom is 0.137 e. The summed E-state index contributed by atoms with van der Waals surface area (Å²) in [6.07, 6.45) is 2.10. The van der Waals surface area contributed by atoms with Crippen LogP contribution in [0.4, 0.5) is 0 Å². The van der Waals surface area contributed by atoms with Crippen molar-refractivity contribution < 1.29 is 0 Å². The van der Waals surface area contributed by atoms with Crippen molar-refractivity contribution in [1.29, 1.82) is 0 Å². The Morgan fingerprint density at radius 2 is 1.11 bits per heavy atom. The molecule has 0 atom stereocenters. The standard InChI is InChI=1S/C42H31N3/c1-28-18-21-39(29(2)43-28)38-26-36(25-37(27-38)34-20-19-30-11-6-7-14-32(30)23-34)33-15-10-16-35(24-33)42-41(31-12-4-3-5-13-31)44-40-17-8-9-22-45(40)42/h3-27H,1-2H3. The third kappa shape index (κ3) is 4.99. The van der Waals surface area contributed by atoms with Crippen molar-refractivity contribution in [2.24, 2.45) is 0 Å². The van der Waals surface area contributed by atoms with E-state index in [-0.39, 0.29) is 0 Å². The van der Waals surface area contributed by atoms with E-state index in [1.54, 1.807) is 0 Å². The number of nitrogens with zero attached hydrogens (tertiary/aromatic N) is 3. The summed E-state index contributed by atoms with van der Waals surface area (Å²) in [4.78, 5) is 9.87. The van der Waals surface area contributed by atoms with E-state index in [4.69, 9.17) is 9.97 Å². The van der Waals surface area contributed by atoms with E-state index in [9.17, 15) is 0 Å². The Morgan fingerprint density at radius 3 is 1.93 bits per heavy atom. The Labute approximate surface area is 263 Å².